The highest BCUT2D eigenvalue weighted by Crippen LogP contribution is 2.43. The Bertz CT molecular complexity index is 1340. The third-order valence-electron chi connectivity index (χ3n) is 5.07. The van der Waals surface area contributed by atoms with Gasteiger partial charge in [-0.25, -0.2) is 9.97 Å². The summed E-state index contributed by atoms with van der Waals surface area (Å²) >= 11 is 1.62. The fraction of sp³-hybridized carbons (Fsp3) is 0.125. The molecule has 1 aliphatic rings. The molecule has 32 heavy (non-hydrogen) atoms. The van der Waals surface area contributed by atoms with Crippen LogP contribution in [-0.2, 0) is 0 Å². The van der Waals surface area contributed by atoms with E-state index in [-0.39, 0.29) is 0 Å². The molecule has 1 aliphatic heterocycles. The number of rotatable bonds is 3. The molecule has 5 rings (SSSR count). The van der Waals surface area contributed by atoms with Crippen molar-refractivity contribution in [2.75, 3.05) is 5.32 Å². The lowest BCUT2D eigenvalue weighted by molar-refractivity contribution is 1.11. The van der Waals surface area contributed by atoms with Gasteiger partial charge in [-0.3, -0.25) is 4.98 Å². The first-order valence-corrected chi connectivity index (χ1v) is 10.9. The highest BCUT2D eigenvalue weighted by Gasteiger charge is 2.26. The van der Waals surface area contributed by atoms with Crippen LogP contribution in [0, 0.1) is 22.7 Å². The highest BCUT2D eigenvalue weighted by atomic mass is 32.2. The first-order chi connectivity index (χ1) is 15.6. The lowest BCUT2D eigenvalue weighted by Crippen LogP contribution is -1.97. The Morgan fingerprint density at radius 2 is 1.81 bits per heavy atom. The lowest BCUT2D eigenvalue weighted by atomic mass is 10.0. The fourth-order valence-corrected chi connectivity index (χ4v) is 4.72. The number of imidazole rings is 1. The SMILES string of the molecule is CC(C)Sc1cc(C#N)c(-c2nc3c([nH]2)-c2ccncc2Nc2ncccc2-3)c(C#N)c1. The summed E-state index contributed by atoms with van der Waals surface area (Å²) in [4.78, 5) is 17.8. The van der Waals surface area contributed by atoms with Crippen molar-refractivity contribution in [3.63, 3.8) is 0 Å². The van der Waals surface area contributed by atoms with E-state index in [0.29, 0.717) is 39.3 Å². The number of pyridine rings is 2. The van der Waals surface area contributed by atoms with Gasteiger partial charge in [0.1, 0.15) is 17.3 Å². The Balaban J connectivity index is 1.77. The van der Waals surface area contributed by atoms with Gasteiger partial charge in [0.2, 0.25) is 0 Å². The van der Waals surface area contributed by atoms with Crippen LogP contribution in [-0.4, -0.2) is 25.2 Å². The van der Waals surface area contributed by atoms with Crippen LogP contribution in [0.5, 0.6) is 0 Å². The number of anilines is 2. The van der Waals surface area contributed by atoms with Crippen molar-refractivity contribution in [1.82, 2.24) is 19.9 Å². The Kier molecular flexibility index (Phi) is 4.85. The van der Waals surface area contributed by atoms with Crippen molar-refractivity contribution in [3.8, 4) is 46.0 Å². The number of benzene rings is 1. The second-order valence-corrected chi connectivity index (χ2v) is 9.19. The van der Waals surface area contributed by atoms with Gasteiger partial charge >= 0.3 is 0 Å². The van der Waals surface area contributed by atoms with Crippen LogP contribution < -0.4 is 5.32 Å². The van der Waals surface area contributed by atoms with Crippen LogP contribution in [0.25, 0.3) is 33.9 Å². The predicted molar refractivity (Wildman–Crippen MR) is 124 cm³/mol. The van der Waals surface area contributed by atoms with E-state index in [2.05, 4.69) is 46.3 Å². The molecular weight excluding hydrogens is 418 g/mol. The van der Waals surface area contributed by atoms with Crippen LogP contribution in [0.1, 0.15) is 25.0 Å². The summed E-state index contributed by atoms with van der Waals surface area (Å²) in [5.74, 6) is 1.15. The van der Waals surface area contributed by atoms with E-state index < -0.39 is 0 Å². The molecule has 0 radical (unpaired) electrons. The number of thioether (sulfide) groups is 1. The van der Waals surface area contributed by atoms with Gasteiger partial charge < -0.3 is 10.3 Å². The summed E-state index contributed by atoms with van der Waals surface area (Å²) < 4.78 is 0. The molecule has 0 saturated carbocycles. The number of nitriles is 2. The first kappa shape index (κ1) is 19.8. The molecule has 4 heterocycles. The molecule has 0 bridgehead atoms. The molecule has 0 aliphatic carbocycles. The summed E-state index contributed by atoms with van der Waals surface area (Å²) in [5.41, 5.74) is 5.32. The van der Waals surface area contributed by atoms with Gasteiger partial charge in [-0.15, -0.1) is 11.8 Å². The van der Waals surface area contributed by atoms with Crippen molar-refractivity contribution < 1.29 is 0 Å². The van der Waals surface area contributed by atoms with E-state index in [4.69, 9.17) is 4.98 Å². The monoisotopic (exact) mass is 435 g/mol. The number of nitrogens with zero attached hydrogens (tertiary/aromatic N) is 5. The predicted octanol–water partition coefficient (Wildman–Crippen LogP) is 5.50. The maximum atomic E-state index is 9.88. The molecule has 154 valence electrons. The quantitative estimate of drug-likeness (QED) is 0.360. The van der Waals surface area contributed by atoms with Crippen molar-refractivity contribution in [2.45, 2.75) is 24.0 Å². The molecule has 7 nitrogen and oxygen atoms in total. The molecule has 8 heteroatoms. The molecule has 0 fully saturated rings. The number of fused-ring (bicyclic) bond motifs is 5. The number of aromatic amines is 1. The average molecular weight is 436 g/mol. The maximum Gasteiger partial charge on any atom is 0.141 e. The maximum absolute atomic E-state index is 9.88. The van der Waals surface area contributed by atoms with Gasteiger partial charge in [0, 0.05) is 33.7 Å². The van der Waals surface area contributed by atoms with E-state index in [1.165, 1.54) is 0 Å². The van der Waals surface area contributed by atoms with Crippen LogP contribution in [0.15, 0.2) is 53.8 Å². The molecule has 2 N–H and O–H groups in total. The number of nitrogens with one attached hydrogen (secondary N) is 2. The Morgan fingerprint density at radius 1 is 1.03 bits per heavy atom. The van der Waals surface area contributed by atoms with Crippen molar-refractivity contribution in [1.29, 1.82) is 10.5 Å². The average Bonchev–Trinajstić information content (AvgIpc) is 3.18. The van der Waals surface area contributed by atoms with Gasteiger partial charge in [0.15, 0.2) is 0 Å². The van der Waals surface area contributed by atoms with Gasteiger partial charge in [-0.05, 0) is 30.3 Å². The molecule has 0 atom stereocenters. The Labute approximate surface area is 189 Å². The van der Waals surface area contributed by atoms with Crippen molar-refractivity contribution in [2.24, 2.45) is 0 Å². The zero-order valence-electron chi connectivity index (χ0n) is 17.3. The summed E-state index contributed by atoms with van der Waals surface area (Å²) in [6.07, 6.45) is 5.17. The number of hydrogen-bond acceptors (Lipinski definition) is 7. The molecule has 0 spiro atoms. The highest BCUT2D eigenvalue weighted by molar-refractivity contribution is 7.99. The van der Waals surface area contributed by atoms with Crippen LogP contribution >= 0.6 is 11.8 Å². The van der Waals surface area contributed by atoms with Gasteiger partial charge in [-0.1, -0.05) is 13.8 Å². The lowest BCUT2D eigenvalue weighted by Gasteiger charge is -2.10. The van der Waals surface area contributed by atoms with E-state index in [1.54, 1.807) is 30.4 Å². The molecule has 0 saturated heterocycles. The number of H-pyrrole nitrogens is 1. The Hall–Kier alpha value is -4.14. The minimum absolute atomic E-state index is 0.334. The normalized spacial score (nSPS) is 11.4. The molecule has 3 aromatic heterocycles. The second kappa shape index (κ2) is 7.84. The number of hydrogen-bond donors (Lipinski definition) is 2. The summed E-state index contributed by atoms with van der Waals surface area (Å²) in [5, 5.41) is 23.4. The minimum Gasteiger partial charge on any atom is -0.338 e. The van der Waals surface area contributed by atoms with Crippen molar-refractivity contribution >= 4 is 23.3 Å². The van der Waals surface area contributed by atoms with Crippen LogP contribution in [0.2, 0.25) is 0 Å². The van der Waals surface area contributed by atoms with E-state index in [1.807, 2.05) is 30.3 Å². The summed E-state index contributed by atoms with van der Waals surface area (Å²) in [7, 11) is 0. The van der Waals surface area contributed by atoms with Gasteiger partial charge in [0.25, 0.3) is 0 Å². The van der Waals surface area contributed by atoms with Crippen LogP contribution in [0.3, 0.4) is 0 Å². The largest absolute Gasteiger partial charge is 0.338 e. The molecule has 1 aromatic carbocycles. The Morgan fingerprint density at radius 3 is 2.53 bits per heavy atom. The first-order valence-electron chi connectivity index (χ1n) is 10.0. The van der Waals surface area contributed by atoms with Crippen molar-refractivity contribution in [3.05, 3.63) is 60.0 Å². The van der Waals surface area contributed by atoms with Gasteiger partial charge in [-0.2, -0.15) is 10.5 Å². The standard InChI is InChI=1S/C24H17N7S/c1-13(2)32-16-8-14(10-25)20(15(9-16)11-26)24-30-21-17-5-7-27-12-19(17)29-23-18(22(21)31-24)4-3-6-28-23/h3-9,12-13H,1-2H3,(H,28,29)(H,30,31). The third-order valence-corrected chi connectivity index (χ3v) is 6.05. The zero-order valence-corrected chi connectivity index (χ0v) is 18.2. The molecular formula is C24H17N7S. The van der Waals surface area contributed by atoms with Gasteiger partial charge in [0.05, 0.1) is 46.4 Å². The smallest absolute Gasteiger partial charge is 0.141 e. The topological polar surface area (TPSA) is 114 Å². The van der Waals surface area contributed by atoms with E-state index in [0.717, 1.165) is 27.4 Å². The molecule has 4 aromatic rings. The summed E-state index contributed by atoms with van der Waals surface area (Å²) in [6.45, 7) is 4.15. The number of aromatic nitrogens is 4. The van der Waals surface area contributed by atoms with E-state index in [9.17, 15) is 10.5 Å². The zero-order chi connectivity index (χ0) is 22.2. The second-order valence-electron chi connectivity index (χ2n) is 7.54. The van der Waals surface area contributed by atoms with E-state index >= 15 is 0 Å². The third kappa shape index (κ3) is 3.27. The molecule has 0 amide bonds. The molecule has 0 unspecified atom stereocenters. The van der Waals surface area contributed by atoms with Crippen LogP contribution in [0.4, 0.5) is 11.5 Å². The summed E-state index contributed by atoms with van der Waals surface area (Å²) in [6, 6.07) is 13.8. The minimum atomic E-state index is 0.334. The fourth-order valence-electron chi connectivity index (χ4n) is 3.80.